The topological polar surface area (TPSA) is 197 Å². The van der Waals surface area contributed by atoms with Crippen LogP contribution in [0.5, 0.6) is 11.5 Å². The highest BCUT2D eigenvalue weighted by molar-refractivity contribution is 5.95. The van der Waals surface area contributed by atoms with Crippen LogP contribution in [0.15, 0.2) is 163 Å². The Morgan fingerprint density at radius 3 is 1.99 bits per heavy atom. The third-order valence-corrected chi connectivity index (χ3v) is 13.4. The van der Waals surface area contributed by atoms with Gasteiger partial charge in [0.25, 0.3) is 11.5 Å². The predicted octanol–water partition coefficient (Wildman–Crippen LogP) is 8.62. The average Bonchev–Trinajstić information content (AvgIpc) is 4.17. The number of aromatic nitrogens is 4. The maximum Gasteiger partial charge on any atom is 0.407 e. The number of carbonyl (C=O) groups is 3. The fourth-order valence-corrected chi connectivity index (χ4v) is 9.69. The fourth-order valence-electron chi connectivity index (χ4n) is 9.69. The molecule has 370 valence electrons. The summed E-state index contributed by atoms with van der Waals surface area (Å²) in [5, 5.41) is 8.19. The van der Waals surface area contributed by atoms with E-state index in [2.05, 4.69) is 55.2 Å². The van der Waals surface area contributed by atoms with E-state index in [9.17, 15) is 19.2 Å². The molecular weight excluding hydrogens is 927 g/mol. The third-order valence-electron chi connectivity index (χ3n) is 13.4. The number of imidazole rings is 1. The monoisotopic (exact) mass is 979 g/mol. The van der Waals surface area contributed by atoms with Crippen molar-refractivity contribution in [1.82, 2.24) is 30.2 Å². The van der Waals surface area contributed by atoms with Gasteiger partial charge in [-0.1, -0.05) is 115 Å². The molecule has 8 aromatic rings. The van der Waals surface area contributed by atoms with Crippen molar-refractivity contribution < 1.29 is 38.1 Å². The summed E-state index contributed by atoms with van der Waals surface area (Å²) < 4.78 is 32.0. The van der Waals surface area contributed by atoms with Gasteiger partial charge < -0.3 is 34.3 Å². The first-order valence-corrected chi connectivity index (χ1v) is 24.1. The summed E-state index contributed by atoms with van der Waals surface area (Å²) in [6.45, 7) is 0.648. The van der Waals surface area contributed by atoms with E-state index in [4.69, 9.17) is 23.7 Å². The molecule has 0 bridgehead atoms. The molecule has 2 atom stereocenters. The van der Waals surface area contributed by atoms with Gasteiger partial charge in [-0.15, -0.1) is 0 Å². The first-order valence-electron chi connectivity index (χ1n) is 24.1. The van der Waals surface area contributed by atoms with Crippen LogP contribution in [0.25, 0.3) is 22.3 Å². The molecule has 0 unspecified atom stereocenters. The Bertz CT molecular complexity index is 3210. The quantitative estimate of drug-likeness (QED) is 0.0601. The number of alkyl carbamates (subject to hydrolysis) is 1. The molecule has 2 aliphatic rings. The van der Waals surface area contributed by atoms with Crippen molar-refractivity contribution in [3.63, 3.8) is 0 Å². The van der Waals surface area contributed by atoms with Gasteiger partial charge in [-0.25, -0.2) is 9.78 Å². The Morgan fingerprint density at radius 2 is 1.34 bits per heavy atom. The number of anilines is 1. The van der Waals surface area contributed by atoms with Crippen LogP contribution in [0.3, 0.4) is 0 Å². The van der Waals surface area contributed by atoms with Crippen LogP contribution in [0.1, 0.15) is 75.1 Å². The Labute approximate surface area is 420 Å². The normalized spacial score (nSPS) is 15.0. The molecule has 0 radical (unpaired) electrons. The zero-order chi connectivity index (χ0) is 50.3. The number of carbonyl (C=O) groups excluding carboxylic acids is 3. The van der Waals surface area contributed by atoms with E-state index in [1.165, 1.54) is 6.33 Å². The van der Waals surface area contributed by atoms with E-state index >= 15 is 0 Å². The molecule has 1 aliphatic carbocycles. The van der Waals surface area contributed by atoms with E-state index in [-0.39, 0.29) is 67.8 Å². The third kappa shape index (κ3) is 10.2. The molecular formula is C57H53N7O9. The number of fused-ring (bicyclic) bond motifs is 4. The van der Waals surface area contributed by atoms with Crippen LogP contribution >= 0.6 is 0 Å². The molecule has 1 fully saturated rings. The lowest BCUT2D eigenvalue weighted by Gasteiger charge is -2.37. The second-order valence-electron chi connectivity index (χ2n) is 17.8. The number of amides is 3. The van der Waals surface area contributed by atoms with Crippen molar-refractivity contribution >= 4 is 35.0 Å². The summed E-state index contributed by atoms with van der Waals surface area (Å²) in [4.78, 5) is 63.5. The Morgan fingerprint density at radius 1 is 0.726 bits per heavy atom. The van der Waals surface area contributed by atoms with E-state index in [1.54, 1.807) is 43.1 Å². The van der Waals surface area contributed by atoms with E-state index < -0.39 is 29.4 Å². The van der Waals surface area contributed by atoms with Crippen molar-refractivity contribution in [2.45, 2.75) is 49.7 Å². The van der Waals surface area contributed by atoms with Gasteiger partial charge >= 0.3 is 6.09 Å². The number of nitrogens with zero attached hydrogens (tertiary/aromatic N) is 3. The maximum atomic E-state index is 13.2. The zero-order valence-electron chi connectivity index (χ0n) is 40.2. The number of nitrogens with one attached hydrogen (secondary N) is 4. The first-order chi connectivity index (χ1) is 35.7. The molecule has 73 heavy (non-hydrogen) atoms. The summed E-state index contributed by atoms with van der Waals surface area (Å²) in [6.07, 6.45) is 1.24. The van der Waals surface area contributed by atoms with Gasteiger partial charge in [-0.3, -0.25) is 29.3 Å². The Balaban J connectivity index is 0.722. The molecule has 3 amide bonds. The summed E-state index contributed by atoms with van der Waals surface area (Å²) >= 11 is 0. The Hall–Kier alpha value is -8.60. The highest BCUT2D eigenvalue weighted by atomic mass is 16.6. The summed E-state index contributed by atoms with van der Waals surface area (Å²) in [5.74, 6) is 0.463. The number of rotatable bonds is 18. The number of hydrogen-bond donors (Lipinski definition) is 4. The van der Waals surface area contributed by atoms with E-state index in [1.807, 2.05) is 103 Å². The van der Waals surface area contributed by atoms with Crippen molar-refractivity contribution in [3.8, 4) is 22.6 Å². The van der Waals surface area contributed by atoms with Crippen molar-refractivity contribution in [2.75, 3.05) is 39.3 Å². The molecule has 0 saturated carbocycles. The van der Waals surface area contributed by atoms with Gasteiger partial charge in [0.2, 0.25) is 11.9 Å². The van der Waals surface area contributed by atoms with Crippen LogP contribution < -0.4 is 31.0 Å². The highest BCUT2D eigenvalue weighted by Gasteiger charge is 2.40. The minimum Gasteiger partial charge on any atom is -0.497 e. The number of H-pyrrole nitrogens is 1. The average molecular weight is 980 g/mol. The van der Waals surface area contributed by atoms with E-state index in [0.717, 1.165) is 56.0 Å². The van der Waals surface area contributed by atoms with Gasteiger partial charge in [-0.05, 0) is 93.7 Å². The van der Waals surface area contributed by atoms with Crippen LogP contribution in [-0.4, -0.2) is 77.5 Å². The van der Waals surface area contributed by atoms with Crippen LogP contribution in [0.4, 0.5) is 10.7 Å². The molecule has 16 heteroatoms. The molecule has 1 aliphatic heterocycles. The van der Waals surface area contributed by atoms with Crippen molar-refractivity contribution in [3.05, 3.63) is 207 Å². The van der Waals surface area contributed by atoms with Gasteiger partial charge in [0.1, 0.15) is 29.9 Å². The largest absolute Gasteiger partial charge is 0.497 e. The summed E-state index contributed by atoms with van der Waals surface area (Å²) in [7, 11) is 3.26. The minimum absolute atomic E-state index is 0.0159. The smallest absolute Gasteiger partial charge is 0.407 e. The SMILES string of the molecule is COc1ccc(C(OC[C@@H]2CC[C@H](n3cnc4c(=O)[nH]c(NC(=O)CCNC(=O)c5ccc(CNC(=O)OCC6c7ccccc7-c7ccccc76)cc5)nc43)O2)(c2ccccc2)c2ccc(OC)cc2)cc1. The molecule has 16 nitrogen and oxygen atoms in total. The van der Waals surface area contributed by atoms with Crippen LogP contribution in [0.2, 0.25) is 0 Å². The lowest BCUT2D eigenvalue weighted by atomic mass is 9.80. The lowest BCUT2D eigenvalue weighted by Crippen LogP contribution is -2.35. The van der Waals surface area contributed by atoms with Gasteiger partial charge in [0.05, 0.1) is 33.3 Å². The molecule has 10 rings (SSSR count). The van der Waals surface area contributed by atoms with Gasteiger partial charge in [0, 0.05) is 31.0 Å². The second-order valence-corrected chi connectivity index (χ2v) is 17.8. The van der Waals surface area contributed by atoms with Crippen LogP contribution in [-0.2, 0) is 31.2 Å². The molecule has 3 heterocycles. The number of aromatic amines is 1. The van der Waals surface area contributed by atoms with Crippen molar-refractivity contribution in [1.29, 1.82) is 0 Å². The fraction of sp³-hybridized carbons (Fsp3) is 0.228. The molecule has 4 N–H and O–H groups in total. The molecule has 0 spiro atoms. The Kier molecular flexibility index (Phi) is 14.1. The van der Waals surface area contributed by atoms with Crippen LogP contribution in [0, 0.1) is 0 Å². The standard InChI is InChI=1S/C57H53N7O9/c1-69-41-24-20-39(21-25-41)57(38-10-4-3-5-11-38,40-22-26-42(70-2)27-23-40)72-33-43-28-29-50(73-43)64-35-60-51-52(64)62-55(63-54(51)67)61-49(65)30-31-58-53(66)37-18-16-36(17-19-37)32-59-56(68)71-34-48-46-14-8-6-12-44(46)45-13-7-9-15-47(45)48/h3-27,35,43,48,50H,28-34H2,1-2H3,(H,58,66)(H,59,68)(H2,61,62,63,65,67)/t43-,50+/m0/s1. The first kappa shape index (κ1) is 48.0. The molecule has 2 aromatic heterocycles. The highest BCUT2D eigenvalue weighted by Crippen LogP contribution is 2.45. The van der Waals surface area contributed by atoms with Crippen molar-refractivity contribution in [2.24, 2.45) is 0 Å². The lowest BCUT2D eigenvalue weighted by molar-refractivity contribution is -0.116. The van der Waals surface area contributed by atoms with Gasteiger partial charge in [0.15, 0.2) is 11.2 Å². The molecule has 1 saturated heterocycles. The molecule has 6 aromatic carbocycles. The second kappa shape index (κ2) is 21.4. The summed E-state index contributed by atoms with van der Waals surface area (Å²) in [5.41, 5.74) is 7.21. The predicted molar refractivity (Wildman–Crippen MR) is 273 cm³/mol. The van der Waals surface area contributed by atoms with Gasteiger partial charge in [-0.2, -0.15) is 4.98 Å². The zero-order valence-corrected chi connectivity index (χ0v) is 40.2. The van der Waals surface area contributed by atoms with E-state index in [0.29, 0.717) is 18.4 Å². The number of hydrogen-bond acceptors (Lipinski definition) is 11. The summed E-state index contributed by atoms with van der Waals surface area (Å²) in [6, 6.07) is 48.7. The minimum atomic E-state index is -1.03. The maximum absolute atomic E-state index is 13.2. The number of methoxy groups -OCH3 is 2. The number of ether oxygens (including phenoxy) is 5. The number of benzene rings is 6.